The van der Waals surface area contributed by atoms with Gasteiger partial charge in [-0.15, -0.1) is 0 Å². The topological polar surface area (TPSA) is 69.0 Å². The molecule has 33 heavy (non-hydrogen) atoms. The smallest absolute Gasteiger partial charge is 0.247 e. The molecule has 2 heterocycles. The number of fused-ring (bicyclic) bond motifs is 1. The first-order valence-corrected chi connectivity index (χ1v) is 10.4. The molecule has 5 aromatic rings. The van der Waals surface area contributed by atoms with E-state index in [9.17, 15) is 4.79 Å². The first-order valence-electron chi connectivity index (χ1n) is 10.4. The quantitative estimate of drug-likeness (QED) is 0.334. The van der Waals surface area contributed by atoms with Gasteiger partial charge in [0.25, 0.3) is 0 Å². The lowest BCUT2D eigenvalue weighted by Crippen LogP contribution is -2.08. The van der Waals surface area contributed by atoms with E-state index < -0.39 is 0 Å². The summed E-state index contributed by atoms with van der Waals surface area (Å²) >= 11 is 0. The number of para-hydroxylation sites is 1. The van der Waals surface area contributed by atoms with E-state index in [0.29, 0.717) is 5.69 Å². The van der Waals surface area contributed by atoms with E-state index in [4.69, 9.17) is 4.74 Å². The number of ether oxygens (including phenoxy) is 1. The summed E-state index contributed by atoms with van der Waals surface area (Å²) in [4.78, 5) is 16.4. The summed E-state index contributed by atoms with van der Waals surface area (Å²) in [5.74, 6) is 1.26. The molecule has 1 amide bonds. The van der Waals surface area contributed by atoms with Crippen LogP contribution in [0.15, 0.2) is 110 Å². The molecule has 6 nitrogen and oxygen atoms in total. The molecule has 0 aliphatic carbocycles. The van der Waals surface area contributed by atoms with E-state index in [2.05, 4.69) is 22.0 Å². The number of pyridine rings is 1. The Kier molecular flexibility index (Phi) is 5.39. The Bertz CT molecular complexity index is 1440. The van der Waals surface area contributed by atoms with Gasteiger partial charge in [0.2, 0.25) is 5.91 Å². The van der Waals surface area contributed by atoms with Crippen molar-refractivity contribution in [2.24, 2.45) is 0 Å². The maximum Gasteiger partial charge on any atom is 0.247 e. The van der Waals surface area contributed by atoms with Crippen molar-refractivity contribution in [3.05, 3.63) is 110 Å². The predicted octanol–water partition coefficient (Wildman–Crippen LogP) is 6.00. The number of aromatic nitrogens is 3. The highest BCUT2D eigenvalue weighted by Crippen LogP contribution is 2.31. The normalized spacial score (nSPS) is 10.7. The SMILES string of the molecule is C=CC(=O)Nc1cccc(-n2ncc3ccnc(-c4ccc(Oc5ccccc5)cc4)c32)c1. The van der Waals surface area contributed by atoms with Crippen LogP contribution in [-0.2, 0) is 4.79 Å². The molecule has 0 atom stereocenters. The minimum atomic E-state index is -0.266. The molecule has 2 aromatic heterocycles. The molecule has 0 saturated heterocycles. The second kappa shape index (κ2) is 8.80. The average Bonchev–Trinajstić information content (AvgIpc) is 3.30. The van der Waals surface area contributed by atoms with Crippen molar-refractivity contribution in [1.82, 2.24) is 14.8 Å². The van der Waals surface area contributed by atoms with Gasteiger partial charge in [-0.3, -0.25) is 9.78 Å². The fourth-order valence-corrected chi connectivity index (χ4v) is 3.59. The van der Waals surface area contributed by atoms with Crippen LogP contribution in [0.5, 0.6) is 11.5 Å². The molecule has 0 fully saturated rings. The first-order chi connectivity index (χ1) is 16.2. The standard InChI is InChI=1S/C27H20N4O2/c1-2-25(32)30-21-7-6-8-22(17-21)31-27-20(18-29-31)15-16-28-26(27)19-11-13-24(14-12-19)33-23-9-4-3-5-10-23/h2-18H,1H2,(H,30,32). The predicted molar refractivity (Wildman–Crippen MR) is 130 cm³/mol. The molecule has 6 heteroatoms. The van der Waals surface area contributed by atoms with Crippen LogP contribution in [0.2, 0.25) is 0 Å². The second-order valence-electron chi connectivity index (χ2n) is 7.34. The lowest BCUT2D eigenvalue weighted by molar-refractivity contribution is -0.111. The zero-order chi connectivity index (χ0) is 22.6. The van der Waals surface area contributed by atoms with Crippen LogP contribution in [-0.4, -0.2) is 20.7 Å². The molecular formula is C27H20N4O2. The highest BCUT2D eigenvalue weighted by atomic mass is 16.5. The second-order valence-corrected chi connectivity index (χ2v) is 7.34. The Morgan fingerprint density at radius 2 is 1.73 bits per heavy atom. The number of nitrogens with zero attached hydrogens (tertiary/aromatic N) is 3. The van der Waals surface area contributed by atoms with Crippen molar-refractivity contribution >= 4 is 22.5 Å². The molecule has 160 valence electrons. The molecule has 0 aliphatic heterocycles. The molecule has 1 N–H and O–H groups in total. The van der Waals surface area contributed by atoms with Crippen molar-refractivity contribution in [2.45, 2.75) is 0 Å². The molecule has 0 unspecified atom stereocenters. The molecule has 3 aromatic carbocycles. The van der Waals surface area contributed by atoms with E-state index in [0.717, 1.165) is 39.3 Å². The van der Waals surface area contributed by atoms with Gasteiger partial charge in [0, 0.05) is 22.8 Å². The van der Waals surface area contributed by atoms with Crippen LogP contribution < -0.4 is 10.1 Å². The monoisotopic (exact) mass is 432 g/mol. The Morgan fingerprint density at radius 1 is 0.939 bits per heavy atom. The van der Waals surface area contributed by atoms with Crippen LogP contribution in [0.25, 0.3) is 27.8 Å². The lowest BCUT2D eigenvalue weighted by Gasteiger charge is -2.10. The number of rotatable bonds is 6. The van der Waals surface area contributed by atoms with E-state index in [1.54, 1.807) is 6.20 Å². The average molecular weight is 432 g/mol. The maximum absolute atomic E-state index is 11.7. The van der Waals surface area contributed by atoms with Crippen molar-refractivity contribution in [3.63, 3.8) is 0 Å². The number of hydrogen-bond donors (Lipinski definition) is 1. The fourth-order valence-electron chi connectivity index (χ4n) is 3.59. The summed E-state index contributed by atoms with van der Waals surface area (Å²) in [6, 6.07) is 26.9. The molecule has 0 spiro atoms. The number of carbonyl (C=O) groups is 1. The Balaban J connectivity index is 1.52. The van der Waals surface area contributed by atoms with E-state index in [1.165, 1.54) is 6.08 Å². The molecule has 0 bridgehead atoms. The van der Waals surface area contributed by atoms with Gasteiger partial charge in [-0.25, -0.2) is 4.68 Å². The minimum absolute atomic E-state index is 0.266. The number of anilines is 1. The van der Waals surface area contributed by atoms with E-state index in [1.807, 2.05) is 95.8 Å². The third-order valence-electron chi connectivity index (χ3n) is 5.13. The number of carbonyl (C=O) groups excluding carboxylic acids is 1. The summed E-state index contributed by atoms with van der Waals surface area (Å²) in [6.45, 7) is 3.50. The largest absolute Gasteiger partial charge is 0.457 e. The number of amides is 1. The van der Waals surface area contributed by atoms with Gasteiger partial charge in [0.15, 0.2) is 0 Å². The third-order valence-corrected chi connectivity index (χ3v) is 5.13. The molecule has 0 radical (unpaired) electrons. The van der Waals surface area contributed by atoms with E-state index >= 15 is 0 Å². The van der Waals surface area contributed by atoms with Crippen molar-refractivity contribution < 1.29 is 9.53 Å². The molecule has 5 rings (SSSR count). The van der Waals surface area contributed by atoms with Crippen LogP contribution in [0.4, 0.5) is 5.69 Å². The highest BCUT2D eigenvalue weighted by Gasteiger charge is 2.13. The molecule has 0 saturated carbocycles. The minimum Gasteiger partial charge on any atom is -0.457 e. The Morgan fingerprint density at radius 3 is 2.52 bits per heavy atom. The maximum atomic E-state index is 11.7. The van der Waals surface area contributed by atoms with Crippen molar-refractivity contribution in [3.8, 4) is 28.4 Å². The van der Waals surface area contributed by atoms with Crippen LogP contribution in [0, 0.1) is 0 Å². The third kappa shape index (κ3) is 4.22. The Labute approximate surface area is 190 Å². The van der Waals surface area contributed by atoms with Gasteiger partial charge in [-0.1, -0.05) is 30.8 Å². The van der Waals surface area contributed by atoms with Gasteiger partial charge in [0.05, 0.1) is 17.6 Å². The summed E-state index contributed by atoms with van der Waals surface area (Å²) in [5.41, 5.74) is 4.09. The van der Waals surface area contributed by atoms with Gasteiger partial charge in [-0.05, 0) is 66.7 Å². The number of hydrogen-bond acceptors (Lipinski definition) is 4. The zero-order valence-corrected chi connectivity index (χ0v) is 17.7. The highest BCUT2D eigenvalue weighted by molar-refractivity contribution is 5.99. The molecular weight excluding hydrogens is 412 g/mol. The summed E-state index contributed by atoms with van der Waals surface area (Å²) < 4.78 is 7.74. The van der Waals surface area contributed by atoms with E-state index in [-0.39, 0.29) is 5.91 Å². The van der Waals surface area contributed by atoms with Gasteiger partial charge in [0.1, 0.15) is 17.0 Å². The van der Waals surface area contributed by atoms with Gasteiger partial charge in [-0.2, -0.15) is 5.10 Å². The van der Waals surface area contributed by atoms with Crippen molar-refractivity contribution in [1.29, 1.82) is 0 Å². The fraction of sp³-hybridized carbons (Fsp3) is 0. The lowest BCUT2D eigenvalue weighted by atomic mass is 10.1. The van der Waals surface area contributed by atoms with Crippen LogP contribution in [0.3, 0.4) is 0 Å². The first kappa shape index (κ1) is 20.2. The van der Waals surface area contributed by atoms with Crippen LogP contribution >= 0.6 is 0 Å². The number of nitrogens with one attached hydrogen (secondary N) is 1. The summed E-state index contributed by atoms with van der Waals surface area (Å²) in [6.07, 6.45) is 4.82. The summed E-state index contributed by atoms with van der Waals surface area (Å²) in [5, 5.41) is 8.33. The zero-order valence-electron chi connectivity index (χ0n) is 17.7. The van der Waals surface area contributed by atoms with Gasteiger partial charge >= 0.3 is 0 Å². The number of benzene rings is 3. The molecule has 0 aliphatic rings. The van der Waals surface area contributed by atoms with Crippen LogP contribution in [0.1, 0.15) is 0 Å². The van der Waals surface area contributed by atoms with Crippen molar-refractivity contribution in [2.75, 3.05) is 5.32 Å². The Hall–Kier alpha value is -4.71. The summed E-state index contributed by atoms with van der Waals surface area (Å²) in [7, 11) is 0. The van der Waals surface area contributed by atoms with Gasteiger partial charge < -0.3 is 10.1 Å².